The van der Waals surface area contributed by atoms with E-state index in [2.05, 4.69) is 21.1 Å². The molecular weight excluding hydrogens is 789 g/mol. The Kier molecular flexibility index (Phi) is 12.9. The molecule has 1 spiro atoms. The third-order valence-electron chi connectivity index (χ3n) is 10.1. The molecule has 4 atom stereocenters. The number of likely N-dealkylation sites (tertiary alicyclic amines) is 1. The van der Waals surface area contributed by atoms with Crippen LogP contribution in [0.15, 0.2) is 23.4 Å². The first-order valence-corrected chi connectivity index (χ1v) is 22.2. The summed E-state index contributed by atoms with van der Waals surface area (Å²) < 4.78 is 5.95. The zero-order chi connectivity index (χ0) is 36.9. The second-order valence-electron chi connectivity index (χ2n) is 15.4. The molecule has 12 nitrogen and oxygen atoms in total. The van der Waals surface area contributed by atoms with Gasteiger partial charge in [0, 0.05) is 0 Å². The van der Waals surface area contributed by atoms with Crippen LogP contribution in [0.1, 0.15) is 97.5 Å². The van der Waals surface area contributed by atoms with E-state index in [4.69, 9.17) is 21.2 Å². The molecule has 4 aliphatic rings. The van der Waals surface area contributed by atoms with Crippen molar-refractivity contribution in [3.8, 4) is 5.75 Å². The summed E-state index contributed by atoms with van der Waals surface area (Å²) in [6, 6.07) is 2.41. The van der Waals surface area contributed by atoms with Gasteiger partial charge < -0.3 is 4.74 Å². The number of carbonyl (C=O) groups excluding carboxylic acids is 5. The maximum absolute atomic E-state index is 14.6. The Balaban J connectivity index is 1.39. The normalized spacial score (nSPS) is 23.3. The fourth-order valence-electron chi connectivity index (χ4n) is 7.16. The molecule has 0 unspecified atom stereocenters. The van der Waals surface area contributed by atoms with E-state index >= 15 is 0 Å². The van der Waals surface area contributed by atoms with Gasteiger partial charge in [0.2, 0.25) is 0 Å². The van der Waals surface area contributed by atoms with Crippen LogP contribution in [0.5, 0.6) is 5.75 Å². The van der Waals surface area contributed by atoms with Crippen LogP contribution in [0.3, 0.4) is 0 Å². The van der Waals surface area contributed by atoms with Crippen LogP contribution in [0, 0.1) is 11.3 Å². The number of nitrogens with zero attached hydrogens (tertiary/aromatic N) is 2. The van der Waals surface area contributed by atoms with Crippen LogP contribution in [-0.4, -0.2) is 92.3 Å². The molecule has 2 heterocycles. The molecule has 3 fully saturated rings. The Morgan fingerprint density at radius 1 is 1.10 bits per heavy atom. The van der Waals surface area contributed by atoms with Crippen molar-refractivity contribution in [3.63, 3.8) is 0 Å². The first-order chi connectivity index (χ1) is 24.2. The van der Waals surface area contributed by atoms with Crippen LogP contribution in [0.25, 0.3) is 0 Å². The van der Waals surface area contributed by atoms with Gasteiger partial charge in [-0.15, -0.1) is 0 Å². The van der Waals surface area contributed by atoms with Gasteiger partial charge in [-0.05, 0) is 19.8 Å². The molecule has 14 heteroatoms. The summed E-state index contributed by atoms with van der Waals surface area (Å²) in [5.74, 6) is -1.67. The van der Waals surface area contributed by atoms with E-state index in [0.29, 0.717) is 40.4 Å². The number of halogens is 2. The summed E-state index contributed by atoms with van der Waals surface area (Å²) in [5.41, 5.74) is -0.373. The molecule has 2 aliphatic carbocycles. The van der Waals surface area contributed by atoms with Crippen molar-refractivity contribution in [1.82, 2.24) is 20.9 Å². The fraction of sp³-hybridized carbons (Fsp3) is 0.676. The Labute approximate surface area is 316 Å². The minimum absolute atomic E-state index is 0.00134. The van der Waals surface area contributed by atoms with Gasteiger partial charge in [-0.1, -0.05) is 30.9 Å². The molecule has 0 aromatic heterocycles. The van der Waals surface area contributed by atoms with Crippen molar-refractivity contribution in [1.29, 1.82) is 0 Å². The van der Waals surface area contributed by atoms with Crippen molar-refractivity contribution in [2.75, 3.05) is 22.5 Å². The number of hydrogen-bond donors (Lipinski definition) is 3. The van der Waals surface area contributed by atoms with Gasteiger partial charge in [-0.25, -0.2) is 0 Å². The SMILES string of the molecule is CCOc1ccc(C2=NO[C@]3(C2)C[C@@H](C(=O)N[C@@H](C[I-]C)C(=O)C(=O)NC2CC2)N(C(=O)[C@@H](NC(=O)CC2CCCCC2)C(C)(C)C)C3)cc1Cl. The third-order valence-corrected chi connectivity index (χ3v) is 12.1. The number of ether oxygens (including phenoxy) is 1. The number of Topliss-reactive ketones (excluding diaryl/α,β-unsaturated/α-hetero) is 1. The van der Waals surface area contributed by atoms with Crippen LogP contribution >= 0.6 is 11.6 Å². The van der Waals surface area contributed by atoms with E-state index in [1.54, 1.807) is 12.1 Å². The standard InChI is InChI=1S/C37H52ClIN5O7/c1-6-50-29-15-12-23(17-25(29)38)26-18-37(51-43-26)19-28(33(47)41-27(20-39-5)31(46)34(48)40-24-13-14-24)44(21-37)35(49)32(36(2,3)4)42-30(45)16-22-10-8-7-9-11-22/h12,15,17,22,24,27-28,32H,6-11,13-14,16,18-21H2,1-5H3,(H,40,48)(H,41,47)(H,42,45)/q-1/t27-,28-,32+,37+/m0/s1. The Hall–Kier alpha value is -2.94. The van der Waals surface area contributed by atoms with Crippen LogP contribution < -0.4 is 41.9 Å². The number of ketones is 1. The molecule has 0 bridgehead atoms. The van der Waals surface area contributed by atoms with E-state index < -0.39 is 73.9 Å². The first kappa shape index (κ1) is 39.3. The van der Waals surface area contributed by atoms with Gasteiger partial charge in [0.05, 0.1) is 6.61 Å². The average Bonchev–Trinajstić information content (AvgIpc) is 3.68. The van der Waals surface area contributed by atoms with Crippen LogP contribution in [-0.2, 0) is 28.8 Å². The second-order valence-corrected chi connectivity index (χ2v) is 18.2. The first-order valence-electron chi connectivity index (χ1n) is 18.1. The second kappa shape index (κ2) is 16.8. The Bertz CT molecular complexity index is 1520. The molecule has 1 aromatic carbocycles. The molecule has 5 rings (SSSR count). The van der Waals surface area contributed by atoms with Crippen LogP contribution in [0.2, 0.25) is 5.02 Å². The molecule has 2 saturated carbocycles. The summed E-state index contributed by atoms with van der Waals surface area (Å²) >= 11 is 6.01. The van der Waals surface area contributed by atoms with Crippen molar-refractivity contribution < 1.29 is 54.8 Å². The van der Waals surface area contributed by atoms with Crippen LogP contribution in [0.4, 0.5) is 0 Å². The molecule has 51 heavy (non-hydrogen) atoms. The van der Waals surface area contributed by atoms with Gasteiger partial charge in [0.1, 0.15) is 5.75 Å². The minimum Gasteiger partial charge on any atom is -0.0803 e. The van der Waals surface area contributed by atoms with Gasteiger partial charge >= 0.3 is 250 Å². The molecule has 1 saturated heterocycles. The molecule has 1 aromatic rings. The van der Waals surface area contributed by atoms with Crippen molar-refractivity contribution in [2.45, 2.75) is 122 Å². The van der Waals surface area contributed by atoms with Gasteiger partial charge in [0.25, 0.3) is 0 Å². The maximum atomic E-state index is 14.6. The summed E-state index contributed by atoms with van der Waals surface area (Å²) in [5, 5.41) is 13.4. The number of hydrogen-bond acceptors (Lipinski definition) is 8. The summed E-state index contributed by atoms with van der Waals surface area (Å²) in [4.78, 5) is 77.8. The molecule has 3 N–H and O–H groups in total. The zero-order valence-electron chi connectivity index (χ0n) is 30.3. The summed E-state index contributed by atoms with van der Waals surface area (Å²) in [6.07, 6.45) is 7.79. The van der Waals surface area contributed by atoms with Gasteiger partial charge in [-0.2, -0.15) is 0 Å². The molecule has 2 aliphatic heterocycles. The Morgan fingerprint density at radius 3 is 2.45 bits per heavy atom. The number of nitrogens with one attached hydrogen (secondary N) is 3. The average molecular weight is 841 g/mol. The van der Waals surface area contributed by atoms with Crippen molar-refractivity contribution in [3.05, 3.63) is 28.8 Å². The van der Waals surface area contributed by atoms with E-state index in [1.165, 1.54) is 11.3 Å². The molecular formula is C37H52ClIN5O7-. The number of amides is 4. The monoisotopic (exact) mass is 840 g/mol. The third kappa shape index (κ3) is 9.94. The van der Waals surface area contributed by atoms with E-state index in [9.17, 15) is 24.0 Å². The predicted octanol–water partition coefficient (Wildman–Crippen LogP) is 0.755. The van der Waals surface area contributed by atoms with E-state index in [0.717, 1.165) is 44.1 Å². The number of rotatable bonds is 14. The van der Waals surface area contributed by atoms with Gasteiger partial charge in [0.15, 0.2) is 0 Å². The predicted molar refractivity (Wildman–Crippen MR) is 189 cm³/mol. The van der Waals surface area contributed by atoms with E-state index in [-0.39, 0.29) is 30.8 Å². The molecule has 4 amide bonds. The minimum atomic E-state index is -1.03. The smallest absolute Gasteiger partial charge is 0.0803 e. The van der Waals surface area contributed by atoms with Crippen molar-refractivity contribution >= 4 is 46.7 Å². The summed E-state index contributed by atoms with van der Waals surface area (Å²) in [7, 11) is 0. The zero-order valence-corrected chi connectivity index (χ0v) is 33.2. The molecule has 0 radical (unpaired) electrons. The fourth-order valence-corrected chi connectivity index (χ4v) is 8.90. The van der Waals surface area contributed by atoms with Gasteiger partial charge in [-0.3, -0.25) is 0 Å². The van der Waals surface area contributed by atoms with E-state index in [1.807, 2.05) is 38.7 Å². The number of oxime groups is 1. The summed E-state index contributed by atoms with van der Waals surface area (Å²) in [6.45, 7) is 8.04. The number of benzene rings is 1. The van der Waals surface area contributed by atoms with Crippen molar-refractivity contribution in [2.24, 2.45) is 16.5 Å². The topological polar surface area (TPSA) is 156 Å². The molecule has 282 valence electrons. The Morgan fingerprint density at radius 2 is 1.82 bits per heavy atom. The number of carbonyl (C=O) groups is 5. The number of alkyl halides is 2. The quantitative estimate of drug-likeness (QED) is 0.142.